The van der Waals surface area contributed by atoms with Crippen LogP contribution in [-0.2, 0) is 17.9 Å². The number of ether oxygens (including phenoxy) is 1. The van der Waals surface area contributed by atoms with E-state index in [2.05, 4.69) is 10.2 Å². The number of carbonyl (C=O) groups excluding carboxylic acids is 1. The summed E-state index contributed by atoms with van der Waals surface area (Å²) in [5.41, 5.74) is 0. The Balaban J connectivity index is 1.44. The molecule has 1 amide bonds. The Hall–Kier alpha value is -1.74. The highest BCUT2D eigenvalue weighted by atomic mass is 35.5. The lowest BCUT2D eigenvalue weighted by Crippen LogP contribution is -2.27. The number of benzene rings is 1. The Morgan fingerprint density at radius 3 is 2.70 bits per heavy atom. The van der Waals surface area contributed by atoms with Crippen molar-refractivity contribution in [3.63, 3.8) is 0 Å². The lowest BCUT2D eigenvalue weighted by atomic mass is 10.3. The molecule has 27 heavy (non-hydrogen) atoms. The summed E-state index contributed by atoms with van der Waals surface area (Å²) in [4.78, 5) is 14.9. The molecule has 6 nitrogen and oxygen atoms in total. The van der Waals surface area contributed by atoms with Crippen LogP contribution in [0.1, 0.15) is 10.8 Å². The second kappa shape index (κ2) is 9.45. The molecule has 142 valence electrons. The fourth-order valence-corrected chi connectivity index (χ4v) is 4.01. The number of carbonyl (C=O) groups is 1. The maximum Gasteiger partial charge on any atom is 0.277 e. The van der Waals surface area contributed by atoms with Gasteiger partial charge in [0.1, 0.15) is 5.75 Å². The Morgan fingerprint density at radius 1 is 1.22 bits per heavy atom. The molecular formula is C17H15Cl2N3O3S2. The summed E-state index contributed by atoms with van der Waals surface area (Å²) >= 11 is 14.4. The number of amides is 1. The van der Waals surface area contributed by atoms with E-state index in [-0.39, 0.29) is 18.3 Å². The minimum absolute atomic E-state index is 0.0401. The minimum atomic E-state index is -0.0401. The Labute approximate surface area is 174 Å². The zero-order valence-corrected chi connectivity index (χ0v) is 17.4. The van der Waals surface area contributed by atoms with Crippen molar-refractivity contribution in [1.82, 2.24) is 15.1 Å². The largest absolute Gasteiger partial charge is 0.484 e. The van der Waals surface area contributed by atoms with E-state index in [0.29, 0.717) is 32.8 Å². The summed E-state index contributed by atoms with van der Waals surface area (Å²) in [6, 6.07) is 10.7. The second-order valence-corrected chi connectivity index (χ2v) is 8.61. The van der Waals surface area contributed by atoms with Crippen molar-refractivity contribution in [3.05, 3.63) is 56.5 Å². The number of halogens is 2. The van der Waals surface area contributed by atoms with Gasteiger partial charge in [0, 0.05) is 16.9 Å². The molecule has 0 fully saturated rings. The van der Waals surface area contributed by atoms with Crippen molar-refractivity contribution in [2.45, 2.75) is 18.4 Å². The van der Waals surface area contributed by atoms with E-state index in [1.807, 2.05) is 12.1 Å². The molecule has 0 unspecified atom stereocenters. The summed E-state index contributed by atoms with van der Waals surface area (Å²) in [5.74, 6) is 1.15. The van der Waals surface area contributed by atoms with Crippen LogP contribution in [0.2, 0.25) is 9.36 Å². The second-order valence-electron chi connectivity index (χ2n) is 5.45. The molecule has 0 aliphatic rings. The Kier molecular flexibility index (Phi) is 7.01. The Bertz CT molecular complexity index is 899. The first kappa shape index (κ1) is 20.0. The number of thiophene rings is 1. The number of rotatable bonds is 8. The molecule has 10 heteroatoms. The summed E-state index contributed by atoms with van der Waals surface area (Å²) < 4.78 is 11.7. The van der Waals surface area contributed by atoms with Gasteiger partial charge in [0.15, 0.2) is 6.61 Å². The molecule has 0 atom stereocenters. The van der Waals surface area contributed by atoms with Crippen LogP contribution in [0.3, 0.4) is 0 Å². The van der Waals surface area contributed by atoms with E-state index in [4.69, 9.17) is 32.4 Å². The third-order valence-corrected chi connectivity index (χ3v) is 5.66. The molecule has 3 aromatic rings. The van der Waals surface area contributed by atoms with Gasteiger partial charge in [-0.15, -0.1) is 21.5 Å². The summed E-state index contributed by atoms with van der Waals surface area (Å²) in [5, 5.41) is 8.80. The Morgan fingerprint density at radius 2 is 2.00 bits per heavy atom. The fraction of sp³-hybridized carbons (Fsp3) is 0.235. The van der Waals surface area contributed by atoms with Crippen LogP contribution in [0.5, 0.6) is 5.75 Å². The SMILES string of the molecule is CN(Cc1ccc(Cl)s1)C(=O)CSc1nnc(COc2ccc(Cl)cc2)o1. The average Bonchev–Trinajstić information content (AvgIpc) is 3.28. The van der Waals surface area contributed by atoms with Crippen LogP contribution in [0.4, 0.5) is 0 Å². The minimum Gasteiger partial charge on any atom is -0.484 e. The number of hydrogen-bond donors (Lipinski definition) is 0. The summed E-state index contributed by atoms with van der Waals surface area (Å²) in [6.45, 7) is 0.656. The van der Waals surface area contributed by atoms with Crippen LogP contribution < -0.4 is 4.74 Å². The van der Waals surface area contributed by atoms with Gasteiger partial charge in [-0.2, -0.15) is 0 Å². The lowest BCUT2D eigenvalue weighted by Gasteiger charge is -2.15. The number of aromatic nitrogens is 2. The van der Waals surface area contributed by atoms with E-state index in [1.165, 1.54) is 23.1 Å². The highest BCUT2D eigenvalue weighted by Gasteiger charge is 2.14. The van der Waals surface area contributed by atoms with Crippen LogP contribution in [0, 0.1) is 0 Å². The molecule has 0 spiro atoms. The van der Waals surface area contributed by atoms with Crippen LogP contribution >= 0.6 is 46.3 Å². The molecule has 0 saturated carbocycles. The summed E-state index contributed by atoms with van der Waals surface area (Å²) in [6.07, 6.45) is 0. The average molecular weight is 444 g/mol. The number of hydrogen-bond acceptors (Lipinski definition) is 7. The van der Waals surface area contributed by atoms with E-state index in [1.54, 1.807) is 36.2 Å². The van der Waals surface area contributed by atoms with Crippen LogP contribution in [-0.4, -0.2) is 33.8 Å². The molecule has 1 aromatic carbocycles. The van der Waals surface area contributed by atoms with Crippen LogP contribution in [0.25, 0.3) is 0 Å². The fourth-order valence-electron chi connectivity index (χ4n) is 2.02. The molecular weight excluding hydrogens is 429 g/mol. The summed E-state index contributed by atoms with van der Waals surface area (Å²) in [7, 11) is 1.75. The van der Waals surface area contributed by atoms with E-state index < -0.39 is 0 Å². The quantitative estimate of drug-likeness (QED) is 0.467. The molecule has 0 aliphatic heterocycles. The smallest absolute Gasteiger partial charge is 0.277 e. The maximum absolute atomic E-state index is 12.2. The van der Waals surface area contributed by atoms with Crippen molar-refractivity contribution in [2.24, 2.45) is 0 Å². The zero-order valence-electron chi connectivity index (χ0n) is 14.2. The first-order valence-corrected chi connectivity index (χ1v) is 10.4. The topological polar surface area (TPSA) is 68.5 Å². The molecule has 3 rings (SSSR count). The van der Waals surface area contributed by atoms with Crippen molar-refractivity contribution in [2.75, 3.05) is 12.8 Å². The van der Waals surface area contributed by atoms with E-state index in [0.717, 1.165) is 4.88 Å². The first-order valence-electron chi connectivity index (χ1n) is 7.81. The van der Waals surface area contributed by atoms with Crippen molar-refractivity contribution >= 4 is 52.2 Å². The monoisotopic (exact) mass is 443 g/mol. The predicted molar refractivity (Wildman–Crippen MR) is 107 cm³/mol. The number of nitrogens with zero attached hydrogens (tertiary/aromatic N) is 3. The predicted octanol–water partition coefficient (Wildman–Crippen LogP) is 4.77. The lowest BCUT2D eigenvalue weighted by molar-refractivity contribution is -0.127. The normalized spacial score (nSPS) is 10.8. The first-order chi connectivity index (χ1) is 13.0. The molecule has 0 bridgehead atoms. The molecule has 0 radical (unpaired) electrons. The molecule has 0 N–H and O–H groups in total. The molecule has 0 saturated heterocycles. The van der Waals surface area contributed by atoms with Crippen LogP contribution in [0.15, 0.2) is 46.0 Å². The van der Waals surface area contributed by atoms with E-state index >= 15 is 0 Å². The van der Waals surface area contributed by atoms with Gasteiger partial charge in [-0.3, -0.25) is 4.79 Å². The zero-order chi connectivity index (χ0) is 19.2. The third kappa shape index (κ3) is 6.14. The van der Waals surface area contributed by atoms with Gasteiger partial charge in [0.05, 0.1) is 16.6 Å². The van der Waals surface area contributed by atoms with Gasteiger partial charge >= 0.3 is 0 Å². The molecule has 0 aliphatic carbocycles. The van der Waals surface area contributed by atoms with Crippen molar-refractivity contribution in [3.8, 4) is 5.75 Å². The van der Waals surface area contributed by atoms with Gasteiger partial charge < -0.3 is 14.1 Å². The highest BCUT2D eigenvalue weighted by Crippen LogP contribution is 2.23. The molecule has 2 heterocycles. The third-order valence-electron chi connectivity index (χ3n) is 3.39. The van der Waals surface area contributed by atoms with Crippen molar-refractivity contribution < 1.29 is 13.9 Å². The maximum atomic E-state index is 12.2. The van der Waals surface area contributed by atoms with Gasteiger partial charge in [0.25, 0.3) is 11.1 Å². The standard InChI is InChI=1S/C17H15Cl2N3O3S2/c1-22(8-13-6-7-14(19)27-13)16(23)10-26-17-21-20-15(25-17)9-24-12-4-2-11(18)3-5-12/h2-7H,8-10H2,1H3. The van der Waals surface area contributed by atoms with Gasteiger partial charge in [-0.25, -0.2) is 0 Å². The van der Waals surface area contributed by atoms with Gasteiger partial charge in [-0.05, 0) is 36.4 Å². The highest BCUT2D eigenvalue weighted by molar-refractivity contribution is 7.99. The number of thioether (sulfide) groups is 1. The van der Waals surface area contributed by atoms with Crippen molar-refractivity contribution in [1.29, 1.82) is 0 Å². The van der Waals surface area contributed by atoms with Gasteiger partial charge in [-0.1, -0.05) is 35.0 Å². The van der Waals surface area contributed by atoms with Gasteiger partial charge in [0.2, 0.25) is 5.91 Å². The van der Waals surface area contributed by atoms with E-state index in [9.17, 15) is 4.79 Å². The molecule has 2 aromatic heterocycles.